The molecular formula is C17H17N3O3. The first-order chi connectivity index (χ1) is 11.1. The van der Waals surface area contributed by atoms with E-state index in [1.54, 1.807) is 12.1 Å². The summed E-state index contributed by atoms with van der Waals surface area (Å²) in [4.78, 5) is 22.1. The van der Waals surface area contributed by atoms with Crippen LogP contribution in [0.25, 0.3) is 0 Å². The number of hydrogen-bond donors (Lipinski definition) is 2. The number of hydrogen-bond acceptors (Lipinski definition) is 3. The van der Waals surface area contributed by atoms with Crippen LogP contribution in [0.3, 0.4) is 0 Å². The van der Waals surface area contributed by atoms with E-state index in [2.05, 4.69) is 22.8 Å². The van der Waals surface area contributed by atoms with Gasteiger partial charge in [-0.2, -0.15) is 0 Å². The summed E-state index contributed by atoms with van der Waals surface area (Å²) < 4.78 is 0. The number of amides is 2. The van der Waals surface area contributed by atoms with Crippen LogP contribution in [0.15, 0.2) is 48.5 Å². The van der Waals surface area contributed by atoms with Gasteiger partial charge in [0.2, 0.25) is 0 Å². The number of nitro benzene ring substituents is 1. The van der Waals surface area contributed by atoms with Crippen molar-refractivity contribution in [1.29, 1.82) is 0 Å². The van der Waals surface area contributed by atoms with E-state index in [1.165, 1.54) is 23.3 Å². The fraction of sp³-hybridized carbons (Fsp3) is 0.235. The summed E-state index contributed by atoms with van der Waals surface area (Å²) in [6.45, 7) is 0.337. The van der Waals surface area contributed by atoms with Crippen LogP contribution in [-0.2, 0) is 19.4 Å². The van der Waals surface area contributed by atoms with Crippen LogP contribution < -0.4 is 10.6 Å². The molecule has 0 atom stereocenters. The second kappa shape index (κ2) is 6.48. The molecule has 2 aromatic rings. The maximum Gasteiger partial charge on any atom is 0.315 e. The Bertz CT molecular complexity index is 703. The Morgan fingerprint density at radius 1 is 1.09 bits per heavy atom. The third kappa shape index (κ3) is 3.66. The molecule has 0 saturated carbocycles. The highest BCUT2D eigenvalue weighted by Crippen LogP contribution is 2.21. The summed E-state index contributed by atoms with van der Waals surface area (Å²) in [6, 6.07) is 14.2. The highest BCUT2D eigenvalue weighted by molar-refractivity contribution is 5.74. The number of carbonyl (C=O) groups excluding carboxylic acids is 1. The second-order valence-electron chi connectivity index (χ2n) is 5.62. The Morgan fingerprint density at radius 3 is 2.26 bits per heavy atom. The van der Waals surface area contributed by atoms with Gasteiger partial charge < -0.3 is 10.6 Å². The minimum absolute atomic E-state index is 0.0434. The van der Waals surface area contributed by atoms with Crippen molar-refractivity contribution in [2.45, 2.75) is 25.4 Å². The predicted octanol–water partition coefficient (Wildman–Crippen LogP) is 2.56. The number of nitro groups is 1. The van der Waals surface area contributed by atoms with Crippen LogP contribution in [0.5, 0.6) is 0 Å². The quantitative estimate of drug-likeness (QED) is 0.672. The Kier molecular flexibility index (Phi) is 4.23. The van der Waals surface area contributed by atoms with Gasteiger partial charge in [0, 0.05) is 24.7 Å². The lowest BCUT2D eigenvalue weighted by atomic mass is 10.1. The second-order valence-corrected chi connectivity index (χ2v) is 5.62. The molecule has 118 valence electrons. The Balaban J connectivity index is 1.48. The molecule has 0 bridgehead atoms. The van der Waals surface area contributed by atoms with Crippen molar-refractivity contribution in [3.05, 3.63) is 75.3 Å². The van der Waals surface area contributed by atoms with E-state index in [0.717, 1.165) is 18.4 Å². The van der Waals surface area contributed by atoms with E-state index in [1.807, 2.05) is 12.1 Å². The molecule has 0 unspecified atom stereocenters. The lowest BCUT2D eigenvalue weighted by molar-refractivity contribution is -0.384. The lowest BCUT2D eigenvalue weighted by Crippen LogP contribution is -2.42. The van der Waals surface area contributed by atoms with Crippen LogP contribution in [-0.4, -0.2) is 17.0 Å². The molecule has 1 aliphatic carbocycles. The molecule has 6 nitrogen and oxygen atoms in total. The monoisotopic (exact) mass is 311 g/mol. The molecule has 1 aliphatic rings. The van der Waals surface area contributed by atoms with E-state index >= 15 is 0 Å². The molecule has 2 aromatic carbocycles. The molecule has 0 fully saturated rings. The fourth-order valence-corrected chi connectivity index (χ4v) is 2.82. The summed E-state index contributed by atoms with van der Waals surface area (Å²) in [5, 5.41) is 16.3. The summed E-state index contributed by atoms with van der Waals surface area (Å²) in [5.74, 6) is 0. The number of nitrogens with one attached hydrogen (secondary N) is 2. The van der Waals surface area contributed by atoms with Crippen LogP contribution >= 0.6 is 0 Å². The molecule has 3 rings (SSSR count). The van der Waals surface area contributed by atoms with E-state index in [4.69, 9.17) is 0 Å². The summed E-state index contributed by atoms with van der Waals surface area (Å²) in [5.41, 5.74) is 3.43. The fourth-order valence-electron chi connectivity index (χ4n) is 2.82. The first-order valence-corrected chi connectivity index (χ1v) is 7.46. The van der Waals surface area contributed by atoms with Crippen LogP contribution in [0.1, 0.15) is 16.7 Å². The molecule has 0 aromatic heterocycles. The van der Waals surface area contributed by atoms with Crippen molar-refractivity contribution in [3.8, 4) is 0 Å². The summed E-state index contributed by atoms with van der Waals surface area (Å²) in [7, 11) is 0. The molecular weight excluding hydrogens is 294 g/mol. The van der Waals surface area contributed by atoms with E-state index in [0.29, 0.717) is 6.54 Å². The van der Waals surface area contributed by atoms with Gasteiger partial charge in [-0.15, -0.1) is 0 Å². The predicted molar refractivity (Wildman–Crippen MR) is 86.1 cm³/mol. The van der Waals surface area contributed by atoms with E-state index in [-0.39, 0.29) is 17.8 Å². The summed E-state index contributed by atoms with van der Waals surface area (Å²) >= 11 is 0. The van der Waals surface area contributed by atoms with Crippen molar-refractivity contribution in [2.75, 3.05) is 0 Å². The molecule has 6 heteroatoms. The third-order valence-electron chi connectivity index (χ3n) is 3.99. The van der Waals surface area contributed by atoms with Gasteiger partial charge in [0.25, 0.3) is 5.69 Å². The number of urea groups is 1. The number of non-ortho nitro benzene ring substituents is 1. The molecule has 0 saturated heterocycles. The highest BCUT2D eigenvalue weighted by Gasteiger charge is 2.22. The average Bonchev–Trinajstić information content (AvgIpc) is 2.95. The van der Waals surface area contributed by atoms with Crippen molar-refractivity contribution in [2.24, 2.45) is 0 Å². The standard InChI is InChI=1S/C17H17N3O3/c21-17(18-11-12-5-7-16(8-6-12)20(22)23)19-15-9-13-3-1-2-4-14(13)10-15/h1-8,15H,9-11H2,(H2,18,19,21). The van der Waals surface area contributed by atoms with Gasteiger partial charge in [0.1, 0.15) is 0 Å². The first kappa shape index (κ1) is 15.0. The number of rotatable bonds is 4. The Hall–Kier alpha value is -2.89. The maximum absolute atomic E-state index is 12.0. The van der Waals surface area contributed by atoms with Crippen LogP contribution in [0, 0.1) is 10.1 Å². The van der Waals surface area contributed by atoms with Crippen molar-refractivity contribution >= 4 is 11.7 Å². The van der Waals surface area contributed by atoms with E-state index < -0.39 is 4.92 Å². The van der Waals surface area contributed by atoms with E-state index in [9.17, 15) is 14.9 Å². The van der Waals surface area contributed by atoms with Gasteiger partial charge in [-0.25, -0.2) is 4.79 Å². The smallest absolute Gasteiger partial charge is 0.315 e. The van der Waals surface area contributed by atoms with Gasteiger partial charge in [0.05, 0.1) is 4.92 Å². The SMILES string of the molecule is O=C(NCc1ccc([N+](=O)[O-])cc1)NC1Cc2ccccc2C1. The zero-order valence-corrected chi connectivity index (χ0v) is 12.5. The topological polar surface area (TPSA) is 84.3 Å². The number of fused-ring (bicyclic) bond motifs is 1. The molecule has 0 radical (unpaired) electrons. The van der Waals surface area contributed by atoms with Crippen molar-refractivity contribution < 1.29 is 9.72 Å². The molecule has 23 heavy (non-hydrogen) atoms. The lowest BCUT2D eigenvalue weighted by Gasteiger charge is -2.13. The van der Waals surface area contributed by atoms with Gasteiger partial charge in [-0.05, 0) is 29.5 Å². The number of carbonyl (C=O) groups is 1. The minimum atomic E-state index is -0.443. The molecule has 0 aliphatic heterocycles. The third-order valence-corrected chi connectivity index (χ3v) is 3.99. The van der Waals surface area contributed by atoms with Gasteiger partial charge in [0.15, 0.2) is 0 Å². The van der Waals surface area contributed by atoms with Gasteiger partial charge in [-0.3, -0.25) is 10.1 Å². The molecule has 0 heterocycles. The zero-order valence-electron chi connectivity index (χ0n) is 12.5. The summed E-state index contributed by atoms with van der Waals surface area (Å²) in [6.07, 6.45) is 1.70. The van der Waals surface area contributed by atoms with Crippen LogP contribution in [0.4, 0.5) is 10.5 Å². The van der Waals surface area contributed by atoms with Gasteiger partial charge >= 0.3 is 6.03 Å². The molecule has 0 spiro atoms. The Labute approximate surface area is 133 Å². The number of benzene rings is 2. The number of nitrogens with zero attached hydrogens (tertiary/aromatic N) is 1. The molecule has 2 amide bonds. The van der Waals surface area contributed by atoms with Crippen molar-refractivity contribution in [1.82, 2.24) is 10.6 Å². The zero-order chi connectivity index (χ0) is 16.2. The maximum atomic E-state index is 12.0. The average molecular weight is 311 g/mol. The largest absolute Gasteiger partial charge is 0.335 e. The normalized spacial score (nSPS) is 13.4. The minimum Gasteiger partial charge on any atom is -0.335 e. The molecule has 2 N–H and O–H groups in total. The highest BCUT2D eigenvalue weighted by atomic mass is 16.6. The van der Waals surface area contributed by atoms with Crippen LogP contribution in [0.2, 0.25) is 0 Å². The van der Waals surface area contributed by atoms with Gasteiger partial charge in [-0.1, -0.05) is 36.4 Å². The Morgan fingerprint density at radius 2 is 1.70 bits per heavy atom. The first-order valence-electron chi connectivity index (χ1n) is 7.46. The van der Waals surface area contributed by atoms with Crippen molar-refractivity contribution in [3.63, 3.8) is 0 Å².